The zero-order valence-corrected chi connectivity index (χ0v) is 17.7. The fourth-order valence-electron chi connectivity index (χ4n) is 3.94. The van der Waals surface area contributed by atoms with Crippen LogP contribution in [0.25, 0.3) is 15.9 Å². The minimum Gasteiger partial charge on any atom is -0.352 e. The van der Waals surface area contributed by atoms with Crippen LogP contribution in [0.15, 0.2) is 23.8 Å². The summed E-state index contributed by atoms with van der Waals surface area (Å²) in [5, 5.41) is 16.1. The Morgan fingerprint density at radius 3 is 2.66 bits per heavy atom. The van der Waals surface area contributed by atoms with Gasteiger partial charge in [0, 0.05) is 26.2 Å². The van der Waals surface area contributed by atoms with Crippen LogP contribution >= 0.6 is 11.3 Å². The Bertz CT molecular complexity index is 1160. The van der Waals surface area contributed by atoms with Crippen molar-refractivity contribution in [3.05, 3.63) is 35.2 Å². The first-order valence-electron chi connectivity index (χ1n) is 10.00. The van der Waals surface area contributed by atoms with Gasteiger partial charge in [-0.2, -0.15) is 4.52 Å². The Balaban J connectivity index is 1.41. The van der Waals surface area contributed by atoms with Gasteiger partial charge in [0.25, 0.3) is 0 Å². The molecule has 0 N–H and O–H groups in total. The van der Waals surface area contributed by atoms with Crippen molar-refractivity contribution in [3.63, 3.8) is 0 Å². The van der Waals surface area contributed by atoms with E-state index >= 15 is 0 Å². The molecule has 0 bridgehead atoms. The standard InChI is InChI=1S/C20H24N8S/c1-13(2)10-15-11-29-20-18(15)19(22-14(3)23-20)27-8-6-26(7-9-27)17-5-4-16-24-21-12-28(16)25-17/h4-5,11-13H,6-10H2,1-3H3. The van der Waals surface area contributed by atoms with Gasteiger partial charge in [0.05, 0.1) is 5.39 Å². The molecule has 0 saturated carbocycles. The van der Waals surface area contributed by atoms with E-state index in [4.69, 9.17) is 9.97 Å². The van der Waals surface area contributed by atoms with Crippen LogP contribution < -0.4 is 9.80 Å². The summed E-state index contributed by atoms with van der Waals surface area (Å²) in [5.41, 5.74) is 2.14. The number of aromatic nitrogens is 6. The van der Waals surface area contributed by atoms with Crippen LogP contribution in [-0.2, 0) is 6.42 Å². The number of hydrogen-bond acceptors (Lipinski definition) is 8. The predicted molar refractivity (Wildman–Crippen MR) is 116 cm³/mol. The van der Waals surface area contributed by atoms with Gasteiger partial charge in [-0.3, -0.25) is 0 Å². The first kappa shape index (κ1) is 18.2. The fraction of sp³-hybridized carbons (Fsp3) is 0.450. The molecule has 4 aromatic rings. The Morgan fingerprint density at radius 2 is 1.86 bits per heavy atom. The molecule has 1 aliphatic heterocycles. The lowest BCUT2D eigenvalue weighted by Crippen LogP contribution is -2.47. The van der Waals surface area contributed by atoms with Crippen LogP contribution in [0.4, 0.5) is 11.6 Å². The van der Waals surface area contributed by atoms with Crippen molar-refractivity contribution in [1.29, 1.82) is 0 Å². The number of fused-ring (bicyclic) bond motifs is 2. The van der Waals surface area contributed by atoms with Crippen molar-refractivity contribution in [3.8, 4) is 0 Å². The van der Waals surface area contributed by atoms with E-state index in [1.807, 2.05) is 19.1 Å². The molecule has 1 fully saturated rings. The number of anilines is 2. The minimum atomic E-state index is 0.609. The molecule has 0 radical (unpaired) electrons. The average Bonchev–Trinajstić information content (AvgIpc) is 3.33. The van der Waals surface area contributed by atoms with Crippen molar-refractivity contribution in [2.24, 2.45) is 5.92 Å². The van der Waals surface area contributed by atoms with Gasteiger partial charge in [0.2, 0.25) is 0 Å². The summed E-state index contributed by atoms with van der Waals surface area (Å²) in [5.74, 6) is 3.49. The first-order chi connectivity index (χ1) is 14.1. The monoisotopic (exact) mass is 408 g/mol. The van der Waals surface area contributed by atoms with Gasteiger partial charge < -0.3 is 9.80 Å². The Labute approximate surface area is 173 Å². The molecule has 8 nitrogen and oxygen atoms in total. The highest BCUT2D eigenvalue weighted by Gasteiger charge is 2.23. The molecule has 0 spiro atoms. The molecule has 0 amide bonds. The third-order valence-electron chi connectivity index (χ3n) is 5.28. The largest absolute Gasteiger partial charge is 0.352 e. The van der Waals surface area contributed by atoms with Crippen LogP contribution in [0, 0.1) is 12.8 Å². The second kappa shape index (κ2) is 7.22. The topological polar surface area (TPSA) is 75.3 Å². The molecule has 9 heteroatoms. The highest BCUT2D eigenvalue weighted by Crippen LogP contribution is 2.34. The van der Waals surface area contributed by atoms with Gasteiger partial charge in [-0.05, 0) is 42.3 Å². The van der Waals surface area contributed by atoms with Crippen LogP contribution in [-0.4, -0.2) is 56.0 Å². The number of hydrogen-bond donors (Lipinski definition) is 0. The van der Waals surface area contributed by atoms with Crippen molar-refractivity contribution in [2.45, 2.75) is 27.2 Å². The molecular weight excluding hydrogens is 384 g/mol. The highest BCUT2D eigenvalue weighted by atomic mass is 32.1. The molecule has 0 aliphatic carbocycles. The van der Waals surface area contributed by atoms with E-state index in [9.17, 15) is 0 Å². The van der Waals surface area contributed by atoms with Gasteiger partial charge in [-0.25, -0.2) is 9.97 Å². The summed E-state index contributed by atoms with van der Waals surface area (Å²) in [4.78, 5) is 15.4. The Kier molecular flexibility index (Phi) is 4.54. The molecule has 0 aromatic carbocycles. The van der Waals surface area contributed by atoms with Gasteiger partial charge >= 0.3 is 0 Å². The normalized spacial score (nSPS) is 15.2. The molecule has 4 aromatic heterocycles. The van der Waals surface area contributed by atoms with Crippen LogP contribution in [0.3, 0.4) is 0 Å². The van der Waals surface area contributed by atoms with Crippen molar-refractivity contribution >= 4 is 38.8 Å². The number of thiophene rings is 1. The summed E-state index contributed by atoms with van der Waals surface area (Å²) < 4.78 is 1.72. The van der Waals surface area contributed by atoms with Crippen molar-refractivity contribution in [2.75, 3.05) is 36.0 Å². The van der Waals surface area contributed by atoms with Crippen molar-refractivity contribution < 1.29 is 0 Å². The second-order valence-corrected chi connectivity index (χ2v) is 8.79. The van der Waals surface area contributed by atoms with Crippen LogP contribution in [0.1, 0.15) is 25.2 Å². The lowest BCUT2D eigenvalue weighted by Gasteiger charge is -2.36. The van der Waals surface area contributed by atoms with Crippen molar-refractivity contribution in [1.82, 2.24) is 29.8 Å². The maximum atomic E-state index is 4.86. The molecule has 5 heterocycles. The van der Waals surface area contributed by atoms with E-state index in [-0.39, 0.29) is 0 Å². The van der Waals surface area contributed by atoms with E-state index in [2.05, 4.69) is 44.3 Å². The molecule has 1 saturated heterocycles. The van der Waals surface area contributed by atoms with Gasteiger partial charge in [-0.15, -0.1) is 26.6 Å². The van der Waals surface area contributed by atoms with E-state index in [0.717, 1.165) is 60.5 Å². The molecule has 1 aliphatic rings. The molecule has 29 heavy (non-hydrogen) atoms. The van der Waals surface area contributed by atoms with Gasteiger partial charge in [0.15, 0.2) is 5.65 Å². The zero-order chi connectivity index (χ0) is 20.0. The van der Waals surface area contributed by atoms with E-state index in [0.29, 0.717) is 5.92 Å². The minimum absolute atomic E-state index is 0.609. The summed E-state index contributed by atoms with van der Waals surface area (Å²) in [6.45, 7) is 10.1. The Hall–Kier alpha value is -2.81. The first-order valence-corrected chi connectivity index (χ1v) is 10.9. The third-order valence-corrected chi connectivity index (χ3v) is 6.20. The number of nitrogens with zero attached hydrogens (tertiary/aromatic N) is 8. The molecular formula is C20H24N8S. The summed E-state index contributed by atoms with van der Waals surface area (Å²) in [7, 11) is 0. The smallest absolute Gasteiger partial charge is 0.177 e. The van der Waals surface area contributed by atoms with Crippen LogP contribution in [0.5, 0.6) is 0 Å². The molecule has 5 rings (SSSR count). The summed E-state index contributed by atoms with van der Waals surface area (Å²) in [6.07, 6.45) is 2.70. The summed E-state index contributed by atoms with van der Waals surface area (Å²) >= 11 is 1.73. The second-order valence-electron chi connectivity index (χ2n) is 7.93. The average molecular weight is 409 g/mol. The highest BCUT2D eigenvalue weighted by molar-refractivity contribution is 7.17. The van der Waals surface area contributed by atoms with Gasteiger partial charge in [0.1, 0.15) is 28.6 Å². The zero-order valence-electron chi connectivity index (χ0n) is 16.9. The molecule has 150 valence electrons. The maximum Gasteiger partial charge on any atom is 0.177 e. The molecule has 0 unspecified atom stereocenters. The number of rotatable bonds is 4. The lowest BCUT2D eigenvalue weighted by atomic mass is 10.0. The van der Waals surface area contributed by atoms with Crippen LogP contribution in [0.2, 0.25) is 0 Å². The summed E-state index contributed by atoms with van der Waals surface area (Å²) in [6, 6.07) is 3.98. The maximum absolute atomic E-state index is 4.86. The quantitative estimate of drug-likeness (QED) is 0.514. The van der Waals surface area contributed by atoms with E-state index < -0.39 is 0 Å². The SMILES string of the molecule is Cc1nc(N2CCN(c3ccc4nncn4n3)CC2)c2c(CC(C)C)csc2n1. The Morgan fingerprint density at radius 1 is 1.07 bits per heavy atom. The van der Waals surface area contributed by atoms with E-state index in [1.165, 1.54) is 10.9 Å². The lowest BCUT2D eigenvalue weighted by molar-refractivity contribution is 0.634. The number of aryl methyl sites for hydroxylation is 1. The third kappa shape index (κ3) is 3.39. The molecule has 0 atom stereocenters. The number of piperazine rings is 1. The van der Waals surface area contributed by atoms with Gasteiger partial charge in [-0.1, -0.05) is 13.8 Å². The fourth-order valence-corrected chi connectivity index (χ4v) is 4.93. The van der Waals surface area contributed by atoms with E-state index in [1.54, 1.807) is 22.2 Å². The predicted octanol–water partition coefficient (Wildman–Crippen LogP) is 2.96.